The van der Waals surface area contributed by atoms with E-state index in [1.54, 1.807) is 11.1 Å². The molecule has 1 amide bonds. The predicted molar refractivity (Wildman–Crippen MR) is 120 cm³/mol. The first kappa shape index (κ1) is 22.8. The fourth-order valence-electron chi connectivity index (χ4n) is 4.64. The van der Waals surface area contributed by atoms with Gasteiger partial charge < -0.3 is 19.6 Å². The van der Waals surface area contributed by atoms with Crippen molar-refractivity contribution in [1.29, 1.82) is 0 Å². The number of pyridine rings is 1. The summed E-state index contributed by atoms with van der Waals surface area (Å²) in [6.07, 6.45) is 10.9. The van der Waals surface area contributed by atoms with Gasteiger partial charge in [-0.3, -0.25) is 4.79 Å². The van der Waals surface area contributed by atoms with Crippen LogP contribution in [0.4, 0.5) is 0 Å². The van der Waals surface area contributed by atoms with Gasteiger partial charge in [-0.25, -0.2) is 4.98 Å². The minimum Gasteiger partial charge on any atom is -0.472 e. The molecule has 30 heavy (non-hydrogen) atoms. The van der Waals surface area contributed by atoms with Crippen LogP contribution in [-0.4, -0.2) is 71.2 Å². The normalized spacial score (nSPS) is 24.1. The lowest BCUT2D eigenvalue weighted by Gasteiger charge is -2.38. The molecule has 6 nitrogen and oxygen atoms in total. The van der Waals surface area contributed by atoms with E-state index in [1.165, 1.54) is 25.7 Å². The van der Waals surface area contributed by atoms with Gasteiger partial charge >= 0.3 is 0 Å². The third-order valence-electron chi connectivity index (χ3n) is 6.44. The van der Waals surface area contributed by atoms with Crippen molar-refractivity contribution in [3.05, 3.63) is 29.5 Å². The summed E-state index contributed by atoms with van der Waals surface area (Å²) in [5, 5.41) is 9.75. The van der Waals surface area contributed by atoms with Gasteiger partial charge in [-0.2, -0.15) is 0 Å². The Morgan fingerprint density at radius 1 is 1.37 bits per heavy atom. The first-order chi connectivity index (χ1) is 14.4. The number of amides is 1. The number of carbonyl (C=O) groups is 1. The Hall–Kier alpha value is -1.92. The maximum absolute atomic E-state index is 13.3. The van der Waals surface area contributed by atoms with Crippen LogP contribution in [0.2, 0.25) is 0 Å². The van der Waals surface area contributed by atoms with Crippen LogP contribution in [0.1, 0.15) is 62.4 Å². The highest BCUT2D eigenvalue weighted by atomic mass is 16.5. The number of nitrogens with zero attached hydrogens (tertiary/aromatic N) is 3. The van der Waals surface area contributed by atoms with Crippen molar-refractivity contribution in [2.24, 2.45) is 11.8 Å². The summed E-state index contributed by atoms with van der Waals surface area (Å²) in [6.45, 7) is 8.31. The molecule has 166 valence electrons. The molecule has 1 aliphatic carbocycles. The monoisotopic (exact) mass is 415 g/mol. The van der Waals surface area contributed by atoms with Crippen LogP contribution in [0.5, 0.6) is 5.88 Å². The number of aliphatic hydroxyl groups excluding tert-OH is 1. The number of fused-ring (bicyclic) bond motifs is 1. The third-order valence-corrected chi connectivity index (χ3v) is 6.44. The van der Waals surface area contributed by atoms with E-state index in [-0.39, 0.29) is 30.6 Å². The second kappa shape index (κ2) is 10.4. The molecule has 1 aromatic heterocycles. The Morgan fingerprint density at radius 2 is 2.10 bits per heavy atom. The molecule has 0 bridgehead atoms. The quantitative estimate of drug-likeness (QED) is 0.739. The van der Waals surface area contributed by atoms with Gasteiger partial charge in [0.05, 0.1) is 12.6 Å². The van der Waals surface area contributed by atoms with Crippen LogP contribution in [0.15, 0.2) is 18.3 Å². The Kier molecular flexibility index (Phi) is 7.89. The van der Waals surface area contributed by atoms with E-state index >= 15 is 0 Å². The maximum atomic E-state index is 13.3. The molecular weight excluding hydrogens is 378 g/mol. The summed E-state index contributed by atoms with van der Waals surface area (Å²) in [4.78, 5) is 22.0. The summed E-state index contributed by atoms with van der Waals surface area (Å²) in [7, 11) is 2.16. The van der Waals surface area contributed by atoms with Crippen LogP contribution in [0.25, 0.3) is 6.08 Å². The zero-order valence-electron chi connectivity index (χ0n) is 18.9. The Labute approximate surface area is 180 Å². The van der Waals surface area contributed by atoms with E-state index in [0.717, 1.165) is 24.6 Å². The van der Waals surface area contributed by atoms with Crippen molar-refractivity contribution in [1.82, 2.24) is 14.8 Å². The molecule has 0 aromatic carbocycles. The molecule has 2 heterocycles. The molecule has 0 saturated heterocycles. The van der Waals surface area contributed by atoms with Crippen molar-refractivity contribution in [2.45, 2.75) is 58.6 Å². The number of likely N-dealkylation sites (N-methyl/N-ethyl adjacent to an activating group) is 1. The molecule has 1 fully saturated rings. The zero-order valence-corrected chi connectivity index (χ0v) is 18.9. The molecule has 0 radical (unpaired) electrons. The van der Waals surface area contributed by atoms with Crippen molar-refractivity contribution >= 4 is 12.0 Å². The molecule has 1 aromatic rings. The van der Waals surface area contributed by atoms with Crippen LogP contribution < -0.4 is 4.74 Å². The molecule has 6 heteroatoms. The van der Waals surface area contributed by atoms with Crippen molar-refractivity contribution in [3.8, 4) is 5.88 Å². The summed E-state index contributed by atoms with van der Waals surface area (Å²) >= 11 is 0. The minimum absolute atomic E-state index is 0.0666. The first-order valence-electron chi connectivity index (χ1n) is 11.3. The van der Waals surface area contributed by atoms with Gasteiger partial charge in [-0.1, -0.05) is 31.9 Å². The highest BCUT2D eigenvalue weighted by Crippen LogP contribution is 2.29. The van der Waals surface area contributed by atoms with Gasteiger partial charge in [0, 0.05) is 31.7 Å². The molecule has 1 aliphatic heterocycles. The summed E-state index contributed by atoms with van der Waals surface area (Å²) in [5.41, 5.74) is 1.34. The average molecular weight is 416 g/mol. The lowest BCUT2D eigenvalue weighted by Crippen LogP contribution is -2.50. The van der Waals surface area contributed by atoms with E-state index in [1.807, 2.05) is 32.1 Å². The van der Waals surface area contributed by atoms with Gasteiger partial charge in [0.15, 0.2) is 0 Å². The lowest BCUT2D eigenvalue weighted by atomic mass is 9.99. The average Bonchev–Trinajstić information content (AvgIpc) is 3.23. The highest BCUT2D eigenvalue weighted by molar-refractivity contribution is 5.97. The van der Waals surface area contributed by atoms with Gasteiger partial charge in [0.2, 0.25) is 5.88 Å². The van der Waals surface area contributed by atoms with Crippen LogP contribution in [0, 0.1) is 11.8 Å². The van der Waals surface area contributed by atoms with E-state index in [4.69, 9.17) is 4.74 Å². The molecule has 0 spiro atoms. The standard InChI is InChI=1S/C24H37N3O3/c1-5-8-20-11-21-23(25-12-20)30-22(15-26(4)14-19-9-6-7-10-19)17(2)13-27(24(21)29)18(3)16-28/h5,8,11-12,17-19,22,28H,6-7,9-10,13-16H2,1-4H3/b8-5+/t17-,18-,22+/m0/s1. The largest absolute Gasteiger partial charge is 0.472 e. The van der Waals surface area contributed by atoms with Gasteiger partial charge in [0.1, 0.15) is 11.7 Å². The SMILES string of the molecule is C/C=C/c1cnc2c(c1)C(=O)N([C@@H](C)CO)C[C@H](C)[C@@H](CN(C)CC1CCCC1)O2. The smallest absolute Gasteiger partial charge is 0.259 e. The topological polar surface area (TPSA) is 65.9 Å². The third kappa shape index (κ3) is 5.41. The van der Waals surface area contributed by atoms with Crippen LogP contribution >= 0.6 is 0 Å². The summed E-state index contributed by atoms with van der Waals surface area (Å²) in [5.74, 6) is 1.17. The molecule has 1 N–H and O–H groups in total. The summed E-state index contributed by atoms with van der Waals surface area (Å²) < 4.78 is 6.36. The van der Waals surface area contributed by atoms with Crippen LogP contribution in [-0.2, 0) is 0 Å². The number of hydrogen-bond acceptors (Lipinski definition) is 5. The van der Waals surface area contributed by atoms with E-state index < -0.39 is 0 Å². The molecular formula is C24H37N3O3. The minimum atomic E-state index is -0.256. The molecule has 0 unspecified atom stereocenters. The fraction of sp³-hybridized carbons (Fsp3) is 0.667. The lowest BCUT2D eigenvalue weighted by molar-refractivity contribution is 0.0320. The number of hydrogen-bond donors (Lipinski definition) is 1. The van der Waals surface area contributed by atoms with Gasteiger partial charge in [0.25, 0.3) is 5.91 Å². The van der Waals surface area contributed by atoms with Crippen LogP contribution in [0.3, 0.4) is 0 Å². The number of aromatic nitrogens is 1. The number of ether oxygens (including phenoxy) is 1. The highest BCUT2D eigenvalue weighted by Gasteiger charge is 2.34. The number of rotatable bonds is 7. The molecule has 3 rings (SSSR count). The number of allylic oxidation sites excluding steroid dienone is 1. The second-order valence-corrected chi connectivity index (χ2v) is 9.12. The van der Waals surface area contributed by atoms with E-state index in [2.05, 4.69) is 23.9 Å². The first-order valence-corrected chi connectivity index (χ1v) is 11.3. The van der Waals surface area contributed by atoms with Gasteiger partial charge in [-0.15, -0.1) is 0 Å². The second-order valence-electron chi connectivity index (χ2n) is 9.12. The summed E-state index contributed by atoms with van der Waals surface area (Å²) in [6, 6.07) is 1.59. The van der Waals surface area contributed by atoms with E-state index in [9.17, 15) is 9.90 Å². The Bertz CT molecular complexity index is 745. The number of carbonyl (C=O) groups excluding carboxylic acids is 1. The zero-order chi connectivity index (χ0) is 21.7. The molecule has 3 atom stereocenters. The Morgan fingerprint density at radius 3 is 2.77 bits per heavy atom. The van der Waals surface area contributed by atoms with Crippen molar-refractivity contribution in [2.75, 3.05) is 33.3 Å². The number of aliphatic hydroxyl groups is 1. The predicted octanol–water partition coefficient (Wildman–Crippen LogP) is 3.46. The van der Waals surface area contributed by atoms with E-state index in [0.29, 0.717) is 18.0 Å². The van der Waals surface area contributed by atoms with Gasteiger partial charge in [-0.05, 0) is 51.3 Å². The molecule has 1 saturated carbocycles. The fourth-order valence-corrected chi connectivity index (χ4v) is 4.64. The van der Waals surface area contributed by atoms with Crippen molar-refractivity contribution in [3.63, 3.8) is 0 Å². The maximum Gasteiger partial charge on any atom is 0.259 e. The van der Waals surface area contributed by atoms with Crippen molar-refractivity contribution < 1.29 is 14.6 Å². The Balaban J connectivity index is 1.86. The molecule has 2 aliphatic rings.